The second-order valence-corrected chi connectivity index (χ2v) is 5.42. The topological polar surface area (TPSA) is 55.4 Å². The van der Waals surface area contributed by atoms with Gasteiger partial charge in [0.05, 0.1) is 0 Å². The van der Waals surface area contributed by atoms with Gasteiger partial charge in [-0.25, -0.2) is 4.79 Å². The van der Waals surface area contributed by atoms with Crippen LogP contribution in [-0.4, -0.2) is 11.9 Å². The van der Waals surface area contributed by atoms with Gasteiger partial charge in [0.1, 0.15) is 5.75 Å². The van der Waals surface area contributed by atoms with Gasteiger partial charge in [0, 0.05) is 5.56 Å². The summed E-state index contributed by atoms with van der Waals surface area (Å²) in [7, 11) is 0. The second-order valence-electron chi connectivity index (χ2n) is 5.42. The van der Waals surface area contributed by atoms with Crippen molar-refractivity contribution in [2.75, 3.05) is 0 Å². The molecule has 0 bridgehead atoms. The number of carbonyl (C=O) groups excluding carboxylic acids is 2. The minimum atomic E-state index is -0.894. The maximum atomic E-state index is 12.6. The van der Waals surface area contributed by atoms with Gasteiger partial charge in [-0.2, -0.15) is 0 Å². The molecule has 0 spiro atoms. The fraction of sp³-hybridized carbons (Fsp3) is 0.0476. The summed E-state index contributed by atoms with van der Waals surface area (Å²) in [6.45, 7) is 0. The van der Waals surface area contributed by atoms with Gasteiger partial charge in [0.25, 0.3) is 5.91 Å². The van der Waals surface area contributed by atoms with Crippen molar-refractivity contribution in [3.63, 3.8) is 0 Å². The predicted molar refractivity (Wildman–Crippen MR) is 95.2 cm³/mol. The lowest BCUT2D eigenvalue weighted by atomic mass is 10.1. The molecule has 0 aliphatic rings. The van der Waals surface area contributed by atoms with Crippen molar-refractivity contribution in [1.82, 2.24) is 5.32 Å². The van der Waals surface area contributed by atoms with Crippen LogP contribution in [0.2, 0.25) is 0 Å². The predicted octanol–water partition coefficient (Wildman–Crippen LogP) is 3.76. The standard InChI is InChI=1S/C21H17NO3/c23-20(17-12-6-2-7-13-17)22-19(16-10-4-1-5-11-16)21(24)25-18-14-8-3-9-15-18/h1-15,19H,(H,22,23)/t19-/m0/s1. The summed E-state index contributed by atoms with van der Waals surface area (Å²) in [6.07, 6.45) is 0. The van der Waals surface area contributed by atoms with Gasteiger partial charge < -0.3 is 10.1 Å². The number of carbonyl (C=O) groups is 2. The van der Waals surface area contributed by atoms with E-state index in [4.69, 9.17) is 4.74 Å². The number of hydrogen-bond donors (Lipinski definition) is 1. The van der Waals surface area contributed by atoms with E-state index in [9.17, 15) is 9.59 Å². The highest BCUT2D eigenvalue weighted by Crippen LogP contribution is 2.18. The Labute approximate surface area is 146 Å². The summed E-state index contributed by atoms with van der Waals surface area (Å²) in [5, 5.41) is 2.76. The van der Waals surface area contributed by atoms with Crippen molar-refractivity contribution in [3.8, 4) is 5.75 Å². The van der Waals surface area contributed by atoms with Crippen LogP contribution in [0, 0.1) is 0 Å². The molecule has 4 heteroatoms. The number of benzene rings is 3. The van der Waals surface area contributed by atoms with Gasteiger partial charge in [0.15, 0.2) is 6.04 Å². The third-order valence-electron chi connectivity index (χ3n) is 3.64. The summed E-state index contributed by atoms with van der Waals surface area (Å²) < 4.78 is 5.41. The molecule has 25 heavy (non-hydrogen) atoms. The molecule has 1 amide bonds. The second kappa shape index (κ2) is 7.93. The number of nitrogens with one attached hydrogen (secondary N) is 1. The average molecular weight is 331 g/mol. The van der Waals surface area contributed by atoms with Crippen molar-refractivity contribution in [3.05, 3.63) is 102 Å². The molecule has 0 unspecified atom stereocenters. The molecule has 1 atom stereocenters. The maximum absolute atomic E-state index is 12.6. The summed E-state index contributed by atoms with van der Waals surface area (Å²) in [4.78, 5) is 25.1. The van der Waals surface area contributed by atoms with Gasteiger partial charge in [0.2, 0.25) is 0 Å². The molecule has 0 aliphatic carbocycles. The molecule has 0 radical (unpaired) electrons. The van der Waals surface area contributed by atoms with Gasteiger partial charge in [-0.3, -0.25) is 4.79 Å². The Morgan fingerprint density at radius 2 is 1.24 bits per heavy atom. The quantitative estimate of drug-likeness (QED) is 0.572. The Kier molecular flexibility index (Phi) is 5.22. The minimum absolute atomic E-state index is 0.334. The molecule has 3 aromatic carbocycles. The molecule has 3 aromatic rings. The minimum Gasteiger partial charge on any atom is -0.425 e. The molecule has 124 valence electrons. The first-order valence-corrected chi connectivity index (χ1v) is 7.91. The van der Waals surface area contributed by atoms with Crippen molar-refractivity contribution in [1.29, 1.82) is 0 Å². The Morgan fingerprint density at radius 3 is 1.84 bits per heavy atom. The lowest BCUT2D eigenvalue weighted by molar-refractivity contribution is -0.136. The van der Waals surface area contributed by atoms with Gasteiger partial charge >= 0.3 is 5.97 Å². The average Bonchev–Trinajstić information content (AvgIpc) is 2.68. The normalized spacial score (nSPS) is 11.4. The zero-order chi connectivity index (χ0) is 17.5. The molecule has 0 aliphatic heterocycles. The van der Waals surface area contributed by atoms with Crippen LogP contribution in [0.1, 0.15) is 22.0 Å². The van der Waals surface area contributed by atoms with E-state index < -0.39 is 12.0 Å². The van der Waals surface area contributed by atoms with Crippen LogP contribution in [0.5, 0.6) is 5.75 Å². The maximum Gasteiger partial charge on any atom is 0.338 e. The number of esters is 1. The van der Waals surface area contributed by atoms with Crippen LogP contribution >= 0.6 is 0 Å². The first-order valence-electron chi connectivity index (χ1n) is 7.91. The summed E-state index contributed by atoms with van der Waals surface area (Å²) in [5.41, 5.74) is 1.14. The van der Waals surface area contributed by atoms with Gasteiger partial charge in [-0.05, 0) is 29.8 Å². The summed E-state index contributed by atoms with van der Waals surface area (Å²) in [5.74, 6) is -0.441. The molecule has 0 heterocycles. The lowest BCUT2D eigenvalue weighted by Crippen LogP contribution is -2.36. The number of hydrogen-bond acceptors (Lipinski definition) is 3. The van der Waals surface area contributed by atoms with E-state index in [-0.39, 0.29) is 5.91 Å². The lowest BCUT2D eigenvalue weighted by Gasteiger charge is -2.18. The SMILES string of the molecule is O=C(N[C@H](C(=O)Oc1ccccc1)c1ccccc1)c1ccccc1. The highest BCUT2D eigenvalue weighted by Gasteiger charge is 2.25. The Morgan fingerprint density at radius 1 is 0.720 bits per heavy atom. The summed E-state index contributed by atoms with van der Waals surface area (Å²) in [6, 6.07) is 25.7. The molecule has 0 saturated heterocycles. The fourth-order valence-corrected chi connectivity index (χ4v) is 2.39. The van der Waals surface area contributed by atoms with Crippen LogP contribution in [0.25, 0.3) is 0 Å². The van der Waals surface area contributed by atoms with Gasteiger partial charge in [-0.1, -0.05) is 66.7 Å². The smallest absolute Gasteiger partial charge is 0.338 e. The number of ether oxygens (including phenoxy) is 1. The van der Waals surface area contributed by atoms with E-state index in [0.717, 1.165) is 0 Å². The zero-order valence-electron chi connectivity index (χ0n) is 13.5. The van der Waals surface area contributed by atoms with E-state index in [0.29, 0.717) is 16.9 Å². The molecular formula is C21H17NO3. The summed E-state index contributed by atoms with van der Waals surface area (Å²) >= 11 is 0. The first-order chi connectivity index (χ1) is 12.2. The van der Waals surface area contributed by atoms with Crippen LogP contribution in [0.15, 0.2) is 91.0 Å². The van der Waals surface area contributed by atoms with E-state index in [2.05, 4.69) is 5.32 Å². The zero-order valence-corrected chi connectivity index (χ0v) is 13.5. The van der Waals surface area contributed by atoms with Crippen molar-refractivity contribution < 1.29 is 14.3 Å². The Balaban J connectivity index is 1.83. The highest BCUT2D eigenvalue weighted by atomic mass is 16.5. The van der Waals surface area contributed by atoms with E-state index in [1.807, 2.05) is 30.3 Å². The third-order valence-corrected chi connectivity index (χ3v) is 3.64. The molecule has 0 aromatic heterocycles. The van der Waals surface area contributed by atoms with E-state index >= 15 is 0 Å². The fourth-order valence-electron chi connectivity index (χ4n) is 2.39. The Hall–Kier alpha value is -3.40. The number of rotatable bonds is 5. The number of para-hydroxylation sites is 1. The van der Waals surface area contributed by atoms with Gasteiger partial charge in [-0.15, -0.1) is 0 Å². The molecule has 3 rings (SSSR count). The molecule has 1 N–H and O–H groups in total. The largest absolute Gasteiger partial charge is 0.425 e. The molecule has 4 nitrogen and oxygen atoms in total. The molecule has 0 saturated carbocycles. The number of amides is 1. The van der Waals surface area contributed by atoms with Crippen molar-refractivity contribution in [2.24, 2.45) is 0 Å². The van der Waals surface area contributed by atoms with Crippen LogP contribution in [0.4, 0.5) is 0 Å². The third kappa shape index (κ3) is 4.32. The van der Waals surface area contributed by atoms with E-state index in [1.54, 1.807) is 60.7 Å². The van der Waals surface area contributed by atoms with Crippen LogP contribution in [-0.2, 0) is 4.79 Å². The highest BCUT2D eigenvalue weighted by molar-refractivity contribution is 5.97. The first kappa shape index (κ1) is 16.5. The monoisotopic (exact) mass is 331 g/mol. The van der Waals surface area contributed by atoms with Crippen molar-refractivity contribution in [2.45, 2.75) is 6.04 Å². The molecule has 0 fully saturated rings. The van der Waals surface area contributed by atoms with E-state index in [1.165, 1.54) is 0 Å². The molecular weight excluding hydrogens is 314 g/mol. The van der Waals surface area contributed by atoms with Crippen LogP contribution < -0.4 is 10.1 Å². The van der Waals surface area contributed by atoms with Crippen LogP contribution in [0.3, 0.4) is 0 Å². The van der Waals surface area contributed by atoms with Crippen molar-refractivity contribution >= 4 is 11.9 Å². The Bertz CT molecular complexity index is 833.